The summed E-state index contributed by atoms with van der Waals surface area (Å²) in [7, 11) is -2.16. The Kier molecular flexibility index (Phi) is 7.34. The first-order valence-corrected chi connectivity index (χ1v) is 13.6. The minimum atomic E-state index is -2.16. The molecule has 0 spiro atoms. The van der Waals surface area contributed by atoms with Crippen molar-refractivity contribution >= 4 is 8.32 Å². The second-order valence-corrected chi connectivity index (χ2v) is 15.2. The van der Waals surface area contributed by atoms with E-state index in [1.165, 1.54) is 0 Å². The fraction of sp³-hybridized carbons (Fsp3) is 0.560. The van der Waals surface area contributed by atoms with Gasteiger partial charge in [0.15, 0.2) is 11.6 Å². The Hall–Kier alpha value is -1.63. The fourth-order valence-corrected chi connectivity index (χ4v) is 11.3. The first-order chi connectivity index (χ1) is 14.6. The van der Waals surface area contributed by atoms with Crippen LogP contribution in [0.3, 0.4) is 0 Å². The Balaban J connectivity index is 2.06. The van der Waals surface area contributed by atoms with Crippen LogP contribution in [0.15, 0.2) is 36.5 Å². The molecule has 0 saturated carbocycles. The molecule has 0 unspecified atom stereocenters. The van der Waals surface area contributed by atoms with Crippen LogP contribution in [0.4, 0.5) is 8.78 Å². The Morgan fingerprint density at radius 3 is 2.16 bits per heavy atom. The van der Waals surface area contributed by atoms with Gasteiger partial charge in [0, 0.05) is 18.2 Å². The van der Waals surface area contributed by atoms with Gasteiger partial charge >= 0.3 is 0 Å². The average Bonchev–Trinajstić information content (AvgIpc) is 2.84. The van der Waals surface area contributed by atoms with Crippen LogP contribution in [-0.4, -0.2) is 13.3 Å². The number of nitrogens with zero attached hydrogens (tertiary/aromatic N) is 1. The highest BCUT2D eigenvalue weighted by atomic mass is 28.4. The third kappa shape index (κ3) is 4.35. The van der Waals surface area contributed by atoms with Crippen LogP contribution in [0.2, 0.25) is 16.6 Å². The highest BCUT2D eigenvalue weighted by molar-refractivity contribution is 6.77. The van der Waals surface area contributed by atoms with Crippen LogP contribution in [0, 0.1) is 11.6 Å². The van der Waals surface area contributed by atoms with Gasteiger partial charge in [0.25, 0.3) is 0 Å². The molecule has 0 fully saturated rings. The normalized spacial score (nSPS) is 22.1. The molecule has 0 radical (unpaired) electrons. The van der Waals surface area contributed by atoms with E-state index in [0.717, 1.165) is 17.3 Å². The zero-order valence-electron chi connectivity index (χ0n) is 19.5. The number of halogens is 2. The minimum Gasteiger partial charge on any atom is -0.408 e. The lowest BCUT2D eigenvalue weighted by atomic mass is 9.86. The van der Waals surface area contributed by atoms with Gasteiger partial charge in [-0.1, -0.05) is 59.7 Å². The lowest BCUT2D eigenvalue weighted by molar-refractivity contribution is 0.159. The maximum absolute atomic E-state index is 14.7. The molecule has 1 heterocycles. The van der Waals surface area contributed by atoms with Crippen molar-refractivity contribution in [1.29, 1.82) is 0 Å². The summed E-state index contributed by atoms with van der Waals surface area (Å²) in [5, 5.41) is 0. The molecular weight excluding hydrogens is 410 g/mol. The number of aromatic nitrogens is 1. The van der Waals surface area contributed by atoms with Gasteiger partial charge in [-0.3, -0.25) is 4.98 Å². The molecule has 2 N–H and O–H groups in total. The summed E-state index contributed by atoms with van der Waals surface area (Å²) < 4.78 is 35.8. The summed E-state index contributed by atoms with van der Waals surface area (Å²) in [6, 6.07) is 7.70. The predicted molar refractivity (Wildman–Crippen MR) is 124 cm³/mol. The molecule has 0 bridgehead atoms. The van der Waals surface area contributed by atoms with Gasteiger partial charge in [0.2, 0.25) is 8.32 Å². The van der Waals surface area contributed by atoms with Crippen molar-refractivity contribution < 1.29 is 13.2 Å². The number of pyridine rings is 1. The third-order valence-corrected chi connectivity index (χ3v) is 13.3. The van der Waals surface area contributed by atoms with E-state index < -0.39 is 26.0 Å². The number of hydrogen-bond donors (Lipinski definition) is 1. The molecule has 1 aliphatic rings. The maximum Gasteiger partial charge on any atom is 0.201 e. The highest BCUT2D eigenvalue weighted by Crippen LogP contribution is 2.49. The molecular formula is C25H36F2N2OSi. The van der Waals surface area contributed by atoms with E-state index in [0.29, 0.717) is 35.0 Å². The van der Waals surface area contributed by atoms with Crippen LogP contribution >= 0.6 is 0 Å². The first-order valence-electron chi connectivity index (χ1n) is 11.4. The van der Waals surface area contributed by atoms with E-state index in [9.17, 15) is 8.78 Å². The van der Waals surface area contributed by atoms with E-state index in [1.807, 2.05) is 12.1 Å². The third-order valence-electron chi connectivity index (χ3n) is 7.14. The second kappa shape index (κ2) is 9.47. The molecule has 1 aromatic heterocycles. The van der Waals surface area contributed by atoms with E-state index in [4.69, 9.17) is 15.1 Å². The minimum absolute atomic E-state index is 0.192. The van der Waals surface area contributed by atoms with Crippen molar-refractivity contribution in [3.8, 4) is 0 Å². The zero-order chi connectivity index (χ0) is 22.9. The summed E-state index contributed by atoms with van der Waals surface area (Å²) >= 11 is 0. The number of hydrogen-bond acceptors (Lipinski definition) is 3. The molecule has 6 heteroatoms. The Morgan fingerprint density at radius 2 is 1.55 bits per heavy atom. The lowest BCUT2D eigenvalue weighted by Gasteiger charge is -2.44. The molecule has 0 aliphatic heterocycles. The van der Waals surface area contributed by atoms with Crippen molar-refractivity contribution in [2.75, 3.05) is 0 Å². The summed E-state index contributed by atoms with van der Waals surface area (Å²) in [4.78, 5) is 4.69. The molecule has 3 atom stereocenters. The SMILES string of the molecule is CC(C)[Si](O[C@@H]1CC[C@H](c2cccc(F)c2F)[C@@H](N)c2cccnc21)(C(C)C)C(C)C. The summed E-state index contributed by atoms with van der Waals surface area (Å²) in [6.45, 7) is 13.6. The van der Waals surface area contributed by atoms with Crippen LogP contribution < -0.4 is 5.73 Å². The van der Waals surface area contributed by atoms with Crippen molar-refractivity contribution in [2.24, 2.45) is 5.73 Å². The van der Waals surface area contributed by atoms with Gasteiger partial charge in [0.05, 0.1) is 11.8 Å². The number of fused-ring (bicyclic) bond motifs is 1. The second-order valence-electron chi connectivity index (χ2n) is 9.75. The van der Waals surface area contributed by atoms with Gasteiger partial charge in [-0.2, -0.15) is 0 Å². The fourth-order valence-electron chi connectivity index (χ4n) is 5.77. The molecule has 0 saturated heterocycles. The topological polar surface area (TPSA) is 48.1 Å². The van der Waals surface area contributed by atoms with E-state index in [1.54, 1.807) is 18.3 Å². The quantitative estimate of drug-likeness (QED) is 0.378. The number of rotatable bonds is 6. The smallest absolute Gasteiger partial charge is 0.201 e. The monoisotopic (exact) mass is 446 g/mol. The first kappa shape index (κ1) is 24.0. The van der Waals surface area contributed by atoms with E-state index in [-0.39, 0.29) is 12.0 Å². The maximum atomic E-state index is 14.7. The van der Waals surface area contributed by atoms with Gasteiger partial charge in [-0.25, -0.2) is 8.78 Å². The van der Waals surface area contributed by atoms with Crippen molar-refractivity contribution in [2.45, 2.75) is 89.1 Å². The van der Waals surface area contributed by atoms with Gasteiger partial charge in [-0.15, -0.1) is 0 Å². The molecule has 0 amide bonds. The number of nitrogens with two attached hydrogens (primary N) is 1. The lowest BCUT2D eigenvalue weighted by Crippen LogP contribution is -2.48. The van der Waals surface area contributed by atoms with Crippen molar-refractivity contribution in [3.05, 3.63) is 65.0 Å². The standard InChI is InChI=1S/C25H36F2N2OSi/c1-15(2)31(16(3)4,17(5)6)30-22-13-12-19(18-9-7-11-21(26)23(18)27)24(28)20-10-8-14-29-25(20)22/h7-11,14-17,19,22,24H,12-13,28H2,1-6H3/t19-,22-,24-/m1/s1. The van der Waals surface area contributed by atoms with Crippen LogP contribution in [0.5, 0.6) is 0 Å². The van der Waals surface area contributed by atoms with E-state index in [2.05, 4.69) is 41.5 Å². The Bertz CT molecular complexity index is 881. The molecule has 3 nitrogen and oxygen atoms in total. The average molecular weight is 447 g/mol. The molecule has 31 heavy (non-hydrogen) atoms. The Morgan fingerprint density at radius 1 is 0.935 bits per heavy atom. The van der Waals surface area contributed by atoms with Crippen molar-refractivity contribution in [1.82, 2.24) is 4.98 Å². The van der Waals surface area contributed by atoms with Crippen LogP contribution in [0.1, 0.15) is 89.3 Å². The summed E-state index contributed by atoms with van der Waals surface area (Å²) in [5.74, 6) is -1.97. The predicted octanol–water partition coefficient (Wildman–Crippen LogP) is 7.17. The highest BCUT2D eigenvalue weighted by Gasteiger charge is 2.48. The Labute approximate surface area is 186 Å². The molecule has 3 rings (SSSR count). The zero-order valence-corrected chi connectivity index (χ0v) is 20.5. The summed E-state index contributed by atoms with van der Waals surface area (Å²) in [6.07, 6.45) is 2.87. The van der Waals surface area contributed by atoms with Crippen molar-refractivity contribution in [3.63, 3.8) is 0 Å². The molecule has 1 aromatic carbocycles. The summed E-state index contributed by atoms with van der Waals surface area (Å²) in [5.41, 5.74) is 10.1. The largest absolute Gasteiger partial charge is 0.408 e. The number of benzene rings is 1. The van der Waals surface area contributed by atoms with Crippen LogP contribution in [0.25, 0.3) is 0 Å². The van der Waals surface area contributed by atoms with Gasteiger partial charge in [0.1, 0.15) is 0 Å². The van der Waals surface area contributed by atoms with Gasteiger partial charge < -0.3 is 10.2 Å². The molecule has 2 aromatic rings. The van der Waals surface area contributed by atoms with E-state index >= 15 is 0 Å². The van der Waals surface area contributed by atoms with Crippen LogP contribution in [-0.2, 0) is 4.43 Å². The molecule has 170 valence electrons. The molecule has 1 aliphatic carbocycles. The van der Waals surface area contributed by atoms with Gasteiger partial charge in [-0.05, 0) is 52.7 Å².